The molecular weight excluding hydrogens is 412 g/mol. The maximum Gasteiger partial charge on any atom is 0.296 e. The van der Waals surface area contributed by atoms with Gasteiger partial charge in [0, 0.05) is 17.8 Å². The minimum absolute atomic E-state index is 0.242. The maximum atomic E-state index is 15.1. The van der Waals surface area contributed by atoms with Gasteiger partial charge in [0.2, 0.25) is 0 Å². The number of amidine groups is 1. The van der Waals surface area contributed by atoms with Crippen LogP contribution in [0.3, 0.4) is 0 Å². The number of aliphatic imine (C=N–C) groups is 1. The second-order valence-electron chi connectivity index (χ2n) is 7.22. The molecule has 3 aliphatic rings. The molecule has 8 heteroatoms. The lowest BCUT2D eigenvalue weighted by Gasteiger charge is -2.31. The molecule has 25 heavy (non-hydrogen) atoms. The molecule has 4 unspecified atom stereocenters. The third-order valence-electron chi connectivity index (χ3n) is 5.65. The van der Waals surface area contributed by atoms with E-state index in [9.17, 15) is 4.79 Å². The number of halogens is 3. The number of nitrogens with zero attached hydrogens (tertiary/aromatic N) is 2. The average Bonchev–Trinajstić information content (AvgIpc) is 3.23. The number of thioether (sulfide) groups is 1. The van der Waals surface area contributed by atoms with Crippen LogP contribution in [0.4, 0.5) is 8.78 Å². The van der Waals surface area contributed by atoms with Gasteiger partial charge in [-0.05, 0) is 66.1 Å². The molecule has 1 amide bonds. The first-order chi connectivity index (χ1) is 11.8. The highest BCUT2D eigenvalue weighted by molar-refractivity contribution is 9.10. The first kappa shape index (κ1) is 17.4. The van der Waals surface area contributed by atoms with Crippen molar-refractivity contribution in [3.05, 3.63) is 28.5 Å². The number of fused-ring (bicyclic) bond motifs is 2. The van der Waals surface area contributed by atoms with Gasteiger partial charge >= 0.3 is 0 Å². The average molecular weight is 430 g/mol. The molecule has 1 aromatic rings. The number of carbonyl (C=O) groups excluding carboxylic acids is 1. The molecule has 4 nitrogen and oxygen atoms in total. The van der Waals surface area contributed by atoms with Crippen LogP contribution in [-0.2, 0) is 10.7 Å². The van der Waals surface area contributed by atoms with E-state index in [0.717, 1.165) is 24.1 Å². The Morgan fingerprint density at radius 2 is 2.20 bits per heavy atom. The molecule has 0 radical (unpaired) electrons. The van der Waals surface area contributed by atoms with E-state index >= 15 is 8.78 Å². The molecule has 2 bridgehead atoms. The van der Waals surface area contributed by atoms with Crippen LogP contribution in [0.25, 0.3) is 0 Å². The van der Waals surface area contributed by atoms with Crippen molar-refractivity contribution in [1.29, 1.82) is 0 Å². The summed E-state index contributed by atoms with van der Waals surface area (Å²) in [6.07, 6.45) is 5.97. The zero-order valence-electron chi connectivity index (χ0n) is 13.6. The molecule has 2 fully saturated rings. The maximum absolute atomic E-state index is 15.1. The van der Waals surface area contributed by atoms with Crippen molar-refractivity contribution in [2.24, 2.45) is 16.8 Å². The Balaban J connectivity index is 1.54. The van der Waals surface area contributed by atoms with E-state index in [1.165, 1.54) is 44.5 Å². The Kier molecular flexibility index (Phi) is 4.18. The van der Waals surface area contributed by atoms with Crippen LogP contribution < -0.4 is 5.32 Å². The lowest BCUT2D eigenvalue weighted by molar-refractivity contribution is -0.130. The van der Waals surface area contributed by atoms with Crippen molar-refractivity contribution >= 4 is 38.8 Å². The van der Waals surface area contributed by atoms with Crippen molar-refractivity contribution in [1.82, 2.24) is 10.3 Å². The van der Waals surface area contributed by atoms with E-state index in [1.54, 1.807) is 0 Å². The largest absolute Gasteiger partial charge is 0.361 e. The van der Waals surface area contributed by atoms with Crippen LogP contribution in [0, 0.1) is 11.8 Å². The number of amides is 1. The summed E-state index contributed by atoms with van der Waals surface area (Å²) >= 11 is 3.95. The lowest BCUT2D eigenvalue weighted by atomic mass is 9.95. The fourth-order valence-corrected chi connectivity index (χ4v) is 5.64. The second kappa shape index (κ2) is 6.01. The summed E-state index contributed by atoms with van der Waals surface area (Å²) in [7, 11) is 0. The molecule has 2 heterocycles. The summed E-state index contributed by atoms with van der Waals surface area (Å²) in [6.45, 7) is 1.27. The van der Waals surface area contributed by atoms with Crippen LogP contribution >= 0.6 is 27.7 Å². The first-order valence-electron chi connectivity index (χ1n) is 8.38. The van der Waals surface area contributed by atoms with E-state index in [-0.39, 0.29) is 11.6 Å². The van der Waals surface area contributed by atoms with Crippen molar-refractivity contribution in [3.63, 3.8) is 0 Å². The molecule has 1 N–H and O–H groups in total. The fourth-order valence-electron chi connectivity index (χ4n) is 4.17. The first-order valence-corrected chi connectivity index (χ1v) is 9.99. The molecule has 4 atom stereocenters. The Labute approximate surface area is 157 Å². The Morgan fingerprint density at radius 3 is 2.84 bits per heavy atom. The molecule has 4 rings (SSSR count). The van der Waals surface area contributed by atoms with Gasteiger partial charge in [-0.2, -0.15) is 13.8 Å². The standard InChI is InChI=1S/C17H18BrF2N3OS/c1-16(17(19,20)11-4-5-21-13(18)8-11)14(24)23-15(25-16)22-12-7-9-2-3-10(12)6-9/h4-5,8-10,12H,2-3,6-7H2,1H3,(H,22,23,24). The minimum atomic E-state index is -3.36. The highest BCUT2D eigenvalue weighted by Gasteiger charge is 2.61. The molecule has 1 aliphatic heterocycles. The van der Waals surface area contributed by atoms with E-state index < -0.39 is 16.6 Å². The highest BCUT2D eigenvalue weighted by Crippen LogP contribution is 2.52. The summed E-state index contributed by atoms with van der Waals surface area (Å²) in [5, 5.41) is 3.60. The predicted molar refractivity (Wildman–Crippen MR) is 96.6 cm³/mol. The van der Waals surface area contributed by atoms with Crippen molar-refractivity contribution in [3.8, 4) is 0 Å². The van der Waals surface area contributed by atoms with E-state index in [4.69, 9.17) is 0 Å². The van der Waals surface area contributed by atoms with Gasteiger partial charge in [-0.25, -0.2) is 4.98 Å². The summed E-state index contributed by atoms with van der Waals surface area (Å²) in [5.74, 6) is -2.85. The van der Waals surface area contributed by atoms with Crippen LogP contribution in [-0.4, -0.2) is 26.8 Å². The minimum Gasteiger partial charge on any atom is -0.361 e. The molecule has 2 saturated carbocycles. The van der Waals surface area contributed by atoms with Crippen molar-refractivity contribution in [2.45, 2.75) is 49.3 Å². The number of hydrogen-bond donors (Lipinski definition) is 1. The number of alkyl halides is 2. The van der Waals surface area contributed by atoms with Gasteiger partial charge in [0.1, 0.15) is 4.60 Å². The molecular formula is C17H18BrF2N3OS. The Hall–Kier alpha value is -1.02. The van der Waals surface area contributed by atoms with Crippen LogP contribution in [0.1, 0.15) is 38.2 Å². The van der Waals surface area contributed by atoms with Gasteiger partial charge < -0.3 is 5.32 Å². The number of hydrogen-bond acceptors (Lipinski definition) is 4. The summed E-state index contributed by atoms with van der Waals surface area (Å²) in [5.41, 5.74) is -0.242. The summed E-state index contributed by atoms with van der Waals surface area (Å²) in [6, 6.07) is 2.75. The third-order valence-corrected chi connectivity index (χ3v) is 7.32. The zero-order chi connectivity index (χ0) is 17.8. The van der Waals surface area contributed by atoms with Crippen molar-refractivity contribution < 1.29 is 13.6 Å². The van der Waals surface area contributed by atoms with Gasteiger partial charge in [0.15, 0.2) is 9.91 Å². The summed E-state index contributed by atoms with van der Waals surface area (Å²) < 4.78 is 28.6. The Morgan fingerprint density at radius 1 is 1.40 bits per heavy atom. The van der Waals surface area contributed by atoms with Crippen LogP contribution in [0.2, 0.25) is 0 Å². The monoisotopic (exact) mass is 429 g/mol. The molecule has 2 aliphatic carbocycles. The SMILES string of the molecule is CC1(C(F)(F)c2ccnc(Br)c2)SC(NC2CC3CCC2C3)=NC1=O. The molecule has 0 spiro atoms. The smallest absolute Gasteiger partial charge is 0.296 e. The predicted octanol–water partition coefficient (Wildman–Crippen LogP) is 4.10. The fraction of sp³-hybridized carbons (Fsp3) is 0.588. The highest BCUT2D eigenvalue weighted by atomic mass is 79.9. The van der Waals surface area contributed by atoms with Gasteiger partial charge in [0.25, 0.3) is 11.8 Å². The van der Waals surface area contributed by atoms with Crippen LogP contribution in [0.5, 0.6) is 0 Å². The van der Waals surface area contributed by atoms with Gasteiger partial charge in [-0.1, -0.05) is 18.2 Å². The normalized spacial score (nSPS) is 34.5. The number of carbonyl (C=O) groups is 1. The topological polar surface area (TPSA) is 54.4 Å². The van der Waals surface area contributed by atoms with Gasteiger partial charge in [-0.15, -0.1) is 0 Å². The number of nitrogens with one attached hydrogen (secondary N) is 1. The lowest BCUT2D eigenvalue weighted by Crippen LogP contribution is -2.45. The third kappa shape index (κ3) is 2.81. The summed E-state index contributed by atoms with van der Waals surface area (Å²) in [4.78, 5) is 20.2. The zero-order valence-corrected chi connectivity index (χ0v) is 16.0. The molecule has 1 aromatic heterocycles. The number of rotatable bonds is 3. The number of aromatic nitrogens is 1. The quantitative estimate of drug-likeness (QED) is 0.734. The van der Waals surface area contributed by atoms with Gasteiger partial charge in [0.05, 0.1) is 0 Å². The van der Waals surface area contributed by atoms with Crippen molar-refractivity contribution in [2.75, 3.05) is 0 Å². The molecule has 0 saturated heterocycles. The molecule has 134 valence electrons. The van der Waals surface area contributed by atoms with Gasteiger partial charge in [-0.3, -0.25) is 4.79 Å². The van der Waals surface area contributed by atoms with Crippen LogP contribution in [0.15, 0.2) is 27.9 Å². The van der Waals surface area contributed by atoms with E-state index in [2.05, 4.69) is 31.2 Å². The van der Waals surface area contributed by atoms with E-state index in [1.807, 2.05) is 0 Å². The second-order valence-corrected chi connectivity index (χ2v) is 9.44. The Bertz CT molecular complexity index is 759. The number of pyridine rings is 1. The van der Waals surface area contributed by atoms with E-state index in [0.29, 0.717) is 15.7 Å². The molecule has 0 aromatic carbocycles.